The number of benzene rings is 2. The van der Waals surface area contributed by atoms with Gasteiger partial charge in [0.15, 0.2) is 5.11 Å². The Morgan fingerprint density at radius 2 is 1.91 bits per heavy atom. The summed E-state index contributed by atoms with van der Waals surface area (Å²) in [6.45, 7) is 1.87. The minimum absolute atomic E-state index is 0.237. The summed E-state index contributed by atoms with van der Waals surface area (Å²) >= 11 is 11.8. The average molecular weight is 490 g/mol. The molecule has 34 heavy (non-hydrogen) atoms. The molecule has 0 amide bonds. The summed E-state index contributed by atoms with van der Waals surface area (Å²) in [5, 5.41) is 13.9. The molecule has 2 N–H and O–H groups in total. The largest absolute Gasteiger partial charge is 0.478 e. The Labute approximate surface area is 206 Å². The Morgan fingerprint density at radius 3 is 2.59 bits per heavy atom. The molecule has 2 atom stereocenters. The maximum atomic E-state index is 11.3. The van der Waals surface area contributed by atoms with E-state index in [0.29, 0.717) is 21.7 Å². The van der Waals surface area contributed by atoms with Crippen molar-refractivity contribution in [3.05, 3.63) is 107 Å². The maximum absolute atomic E-state index is 11.3. The van der Waals surface area contributed by atoms with E-state index < -0.39 is 5.97 Å². The molecular weight excluding hydrogens is 470 g/mol. The number of pyridine rings is 1. The lowest BCUT2D eigenvalue weighted by molar-refractivity contribution is 0.0697. The number of aromatic nitrogens is 1. The van der Waals surface area contributed by atoms with Crippen LogP contribution in [0.2, 0.25) is 5.02 Å². The molecule has 1 aliphatic heterocycles. The van der Waals surface area contributed by atoms with Gasteiger partial charge in [0.2, 0.25) is 0 Å². The molecular formula is C26H20ClN3O3S. The number of carboxylic acids is 1. The van der Waals surface area contributed by atoms with Gasteiger partial charge in [-0.3, -0.25) is 4.98 Å². The third kappa shape index (κ3) is 4.04. The fraction of sp³-hybridized carbons (Fsp3) is 0.115. The van der Waals surface area contributed by atoms with Gasteiger partial charge in [-0.2, -0.15) is 0 Å². The second kappa shape index (κ2) is 8.93. The van der Waals surface area contributed by atoms with Crippen molar-refractivity contribution in [2.75, 3.05) is 4.90 Å². The molecule has 1 fully saturated rings. The third-order valence-corrected chi connectivity index (χ3v) is 6.43. The summed E-state index contributed by atoms with van der Waals surface area (Å²) in [6, 6.07) is 21.5. The van der Waals surface area contributed by atoms with Gasteiger partial charge in [0, 0.05) is 22.5 Å². The minimum atomic E-state index is -0.961. The molecule has 8 heteroatoms. The van der Waals surface area contributed by atoms with Crippen molar-refractivity contribution in [2.45, 2.75) is 19.0 Å². The minimum Gasteiger partial charge on any atom is -0.478 e. The molecule has 2 aromatic carbocycles. The molecule has 2 aromatic heterocycles. The number of furan rings is 1. The standard InChI is InChI=1S/C26H20ClN3O3S/c1-15-14-16(25(31)32)5-10-19(15)21-11-12-22(33-21)24-23(20-4-2-3-13-28-20)29-26(34)30(24)18-8-6-17(27)7-9-18/h2-14,23-24H,1H3,(H,29,34)(H,31,32)/t23-,24-/m0/s1. The van der Waals surface area contributed by atoms with Gasteiger partial charge in [-0.15, -0.1) is 0 Å². The number of aryl methyl sites for hydroxylation is 1. The summed E-state index contributed by atoms with van der Waals surface area (Å²) in [5.41, 5.74) is 3.60. The van der Waals surface area contributed by atoms with Crippen molar-refractivity contribution in [2.24, 2.45) is 0 Å². The van der Waals surface area contributed by atoms with Crippen LogP contribution in [-0.4, -0.2) is 21.2 Å². The van der Waals surface area contributed by atoms with Gasteiger partial charge in [0.1, 0.15) is 17.6 Å². The van der Waals surface area contributed by atoms with Crippen molar-refractivity contribution in [3.63, 3.8) is 0 Å². The molecule has 0 radical (unpaired) electrons. The number of nitrogens with zero attached hydrogens (tertiary/aromatic N) is 2. The van der Waals surface area contributed by atoms with Crippen LogP contribution < -0.4 is 10.2 Å². The first-order valence-corrected chi connectivity index (χ1v) is 11.4. The molecule has 0 aliphatic carbocycles. The Balaban J connectivity index is 1.58. The summed E-state index contributed by atoms with van der Waals surface area (Å²) in [6.07, 6.45) is 1.75. The number of hydrogen-bond donors (Lipinski definition) is 2. The van der Waals surface area contributed by atoms with E-state index in [-0.39, 0.29) is 17.6 Å². The van der Waals surface area contributed by atoms with Crippen molar-refractivity contribution in [1.29, 1.82) is 0 Å². The number of hydrogen-bond acceptors (Lipinski definition) is 4. The van der Waals surface area contributed by atoms with Crippen LogP contribution >= 0.6 is 23.8 Å². The van der Waals surface area contributed by atoms with E-state index in [2.05, 4.69) is 10.3 Å². The van der Waals surface area contributed by atoms with E-state index in [0.717, 1.165) is 22.5 Å². The van der Waals surface area contributed by atoms with Gasteiger partial charge in [-0.1, -0.05) is 23.7 Å². The van der Waals surface area contributed by atoms with Crippen LogP contribution in [0.25, 0.3) is 11.3 Å². The zero-order chi connectivity index (χ0) is 23.8. The molecule has 4 aromatic rings. The summed E-state index contributed by atoms with van der Waals surface area (Å²) in [7, 11) is 0. The highest BCUT2D eigenvalue weighted by molar-refractivity contribution is 7.80. The molecule has 0 spiro atoms. The first kappa shape index (κ1) is 22.1. The Morgan fingerprint density at radius 1 is 1.12 bits per heavy atom. The van der Waals surface area contributed by atoms with Crippen LogP contribution in [-0.2, 0) is 0 Å². The lowest BCUT2D eigenvalue weighted by Crippen LogP contribution is -2.29. The van der Waals surface area contributed by atoms with Crippen LogP contribution in [0.15, 0.2) is 83.4 Å². The normalized spacial score (nSPS) is 17.6. The molecule has 0 unspecified atom stereocenters. The van der Waals surface area contributed by atoms with Crippen LogP contribution in [0.1, 0.15) is 39.5 Å². The van der Waals surface area contributed by atoms with E-state index in [1.54, 1.807) is 24.4 Å². The van der Waals surface area contributed by atoms with Crippen LogP contribution in [0, 0.1) is 6.92 Å². The van der Waals surface area contributed by atoms with Gasteiger partial charge in [-0.25, -0.2) is 4.79 Å². The first-order chi connectivity index (χ1) is 16.4. The van der Waals surface area contributed by atoms with E-state index in [4.69, 9.17) is 28.2 Å². The molecule has 3 heterocycles. The van der Waals surface area contributed by atoms with Crippen molar-refractivity contribution in [3.8, 4) is 11.3 Å². The number of halogens is 1. The number of carbonyl (C=O) groups is 1. The molecule has 170 valence electrons. The van der Waals surface area contributed by atoms with Crippen molar-refractivity contribution >= 4 is 40.6 Å². The quantitative estimate of drug-likeness (QED) is 0.324. The third-order valence-electron chi connectivity index (χ3n) is 5.86. The molecule has 6 nitrogen and oxygen atoms in total. The van der Waals surface area contributed by atoms with Crippen molar-refractivity contribution < 1.29 is 14.3 Å². The zero-order valence-electron chi connectivity index (χ0n) is 18.1. The summed E-state index contributed by atoms with van der Waals surface area (Å²) in [5.74, 6) is 0.393. The van der Waals surface area contributed by atoms with Gasteiger partial charge in [-0.05, 0) is 85.4 Å². The molecule has 1 aliphatic rings. The van der Waals surface area contributed by atoms with Crippen LogP contribution in [0.5, 0.6) is 0 Å². The topological polar surface area (TPSA) is 78.6 Å². The second-order valence-electron chi connectivity index (χ2n) is 8.01. The highest BCUT2D eigenvalue weighted by Crippen LogP contribution is 2.43. The van der Waals surface area contributed by atoms with Gasteiger partial charge >= 0.3 is 5.97 Å². The zero-order valence-corrected chi connectivity index (χ0v) is 19.7. The van der Waals surface area contributed by atoms with Gasteiger partial charge in [0.05, 0.1) is 17.3 Å². The number of anilines is 1. The SMILES string of the molecule is Cc1cc(C(=O)O)ccc1-c1ccc([C@H]2[C@H](c3ccccn3)NC(=S)N2c2ccc(Cl)cc2)o1. The summed E-state index contributed by atoms with van der Waals surface area (Å²) in [4.78, 5) is 17.9. The first-order valence-electron chi connectivity index (χ1n) is 10.6. The average Bonchev–Trinajstić information content (AvgIpc) is 3.44. The van der Waals surface area contributed by atoms with Gasteiger partial charge in [0.25, 0.3) is 0 Å². The number of nitrogens with one attached hydrogen (secondary N) is 1. The fourth-order valence-electron chi connectivity index (χ4n) is 4.25. The molecule has 0 saturated carbocycles. The highest BCUT2D eigenvalue weighted by atomic mass is 35.5. The predicted molar refractivity (Wildman–Crippen MR) is 135 cm³/mol. The summed E-state index contributed by atoms with van der Waals surface area (Å²) < 4.78 is 6.37. The number of rotatable bonds is 5. The Hall–Kier alpha value is -3.68. The Bertz CT molecular complexity index is 1370. The molecule has 1 saturated heterocycles. The predicted octanol–water partition coefficient (Wildman–Crippen LogP) is 6.18. The highest BCUT2D eigenvalue weighted by Gasteiger charge is 2.42. The smallest absolute Gasteiger partial charge is 0.335 e. The van der Waals surface area contributed by atoms with Crippen LogP contribution in [0.4, 0.5) is 5.69 Å². The Kier molecular flexibility index (Phi) is 5.81. The maximum Gasteiger partial charge on any atom is 0.335 e. The van der Waals surface area contributed by atoms with E-state index >= 15 is 0 Å². The van der Waals surface area contributed by atoms with Crippen LogP contribution in [0.3, 0.4) is 0 Å². The molecule has 0 bridgehead atoms. The van der Waals surface area contributed by atoms with Crippen molar-refractivity contribution in [1.82, 2.24) is 10.3 Å². The van der Waals surface area contributed by atoms with E-state index in [1.807, 2.05) is 66.4 Å². The second-order valence-corrected chi connectivity index (χ2v) is 8.83. The number of aromatic carboxylic acids is 1. The lowest BCUT2D eigenvalue weighted by atomic mass is 10.0. The number of thiocarbonyl (C=S) groups is 1. The van der Waals surface area contributed by atoms with Gasteiger partial charge < -0.3 is 19.7 Å². The fourth-order valence-corrected chi connectivity index (χ4v) is 4.73. The monoisotopic (exact) mass is 489 g/mol. The lowest BCUT2D eigenvalue weighted by Gasteiger charge is -2.26. The molecule has 5 rings (SSSR count). The number of carboxylic acid groups (broad SMARTS) is 1. The van der Waals surface area contributed by atoms with E-state index in [1.165, 1.54) is 0 Å². The van der Waals surface area contributed by atoms with E-state index in [9.17, 15) is 9.90 Å².